The van der Waals surface area contributed by atoms with Gasteiger partial charge in [0, 0.05) is 22.7 Å². The third kappa shape index (κ3) is 4.46. The topological polar surface area (TPSA) is 126 Å². The van der Waals surface area contributed by atoms with Crippen LogP contribution in [0.5, 0.6) is 11.5 Å². The van der Waals surface area contributed by atoms with Crippen LogP contribution in [-0.2, 0) is 4.79 Å². The van der Waals surface area contributed by atoms with Crippen LogP contribution in [0.15, 0.2) is 59.7 Å². The van der Waals surface area contributed by atoms with Gasteiger partial charge in [-0.15, -0.1) is 0 Å². The minimum absolute atomic E-state index is 0.0380. The zero-order valence-electron chi connectivity index (χ0n) is 16.3. The predicted octanol–water partition coefficient (Wildman–Crippen LogP) is 3.41. The number of rotatable bonds is 7. The van der Waals surface area contributed by atoms with Gasteiger partial charge < -0.3 is 15.2 Å². The average Bonchev–Trinajstić information content (AvgIpc) is 2.74. The summed E-state index contributed by atoms with van der Waals surface area (Å²) in [5.41, 5.74) is 2.93. The molecule has 0 bridgehead atoms. The van der Waals surface area contributed by atoms with Crippen molar-refractivity contribution in [2.75, 3.05) is 12.4 Å². The number of ether oxygens (including phenoxy) is 1. The van der Waals surface area contributed by atoms with E-state index in [-0.39, 0.29) is 22.7 Å². The van der Waals surface area contributed by atoms with E-state index in [0.29, 0.717) is 0 Å². The summed E-state index contributed by atoms with van der Waals surface area (Å²) in [6.07, 6.45) is 1.12. The summed E-state index contributed by atoms with van der Waals surface area (Å²) in [4.78, 5) is 22.8. The van der Waals surface area contributed by atoms with Crippen molar-refractivity contribution in [2.45, 2.75) is 13.0 Å². The fraction of sp³-hybridized carbons (Fsp3) is 0.143. The highest BCUT2D eigenvalue weighted by Crippen LogP contribution is 2.33. The molecule has 9 heteroatoms. The molecule has 1 atom stereocenters. The second kappa shape index (κ2) is 8.91. The van der Waals surface area contributed by atoms with E-state index in [0.717, 1.165) is 34.8 Å². The van der Waals surface area contributed by atoms with E-state index in [2.05, 4.69) is 15.8 Å². The van der Waals surface area contributed by atoms with Crippen molar-refractivity contribution in [3.8, 4) is 11.5 Å². The summed E-state index contributed by atoms with van der Waals surface area (Å²) < 4.78 is 4.93. The molecule has 3 N–H and O–H groups in total. The van der Waals surface area contributed by atoms with Gasteiger partial charge in [0.15, 0.2) is 11.5 Å². The first-order valence-corrected chi connectivity index (χ1v) is 9.03. The first-order valence-electron chi connectivity index (χ1n) is 9.03. The second-order valence-electron chi connectivity index (χ2n) is 6.47. The minimum atomic E-state index is -0.617. The molecule has 9 nitrogen and oxygen atoms in total. The van der Waals surface area contributed by atoms with Crippen LogP contribution in [0, 0.1) is 10.1 Å². The van der Waals surface area contributed by atoms with Crippen LogP contribution in [-0.4, -0.2) is 35.3 Å². The molecule has 1 amide bonds. The Balaban J connectivity index is 1.71. The Labute approximate surface area is 172 Å². The maximum Gasteiger partial charge on any atom is 0.274 e. The Bertz CT molecular complexity index is 1120. The molecule has 1 unspecified atom stereocenters. The molecule has 3 aromatic carbocycles. The summed E-state index contributed by atoms with van der Waals surface area (Å²) in [7, 11) is 1.28. The molecular formula is C21H20N4O5. The maximum absolute atomic E-state index is 12.4. The van der Waals surface area contributed by atoms with E-state index >= 15 is 0 Å². The lowest BCUT2D eigenvalue weighted by Gasteiger charge is -2.15. The van der Waals surface area contributed by atoms with Crippen molar-refractivity contribution in [1.82, 2.24) is 5.43 Å². The van der Waals surface area contributed by atoms with Gasteiger partial charge in [-0.25, -0.2) is 5.43 Å². The number of nitro benzene ring substituents is 1. The van der Waals surface area contributed by atoms with Crippen LogP contribution in [0.1, 0.15) is 12.5 Å². The number of nitrogens with zero attached hydrogens (tertiary/aromatic N) is 2. The fourth-order valence-electron chi connectivity index (χ4n) is 2.89. The molecule has 0 fully saturated rings. The predicted molar refractivity (Wildman–Crippen MR) is 114 cm³/mol. The van der Waals surface area contributed by atoms with Gasteiger partial charge in [0.2, 0.25) is 0 Å². The summed E-state index contributed by atoms with van der Waals surface area (Å²) in [6, 6.07) is 15.2. The smallest absolute Gasteiger partial charge is 0.274 e. The Morgan fingerprint density at radius 2 is 1.97 bits per heavy atom. The number of methoxy groups -OCH3 is 1. The molecule has 3 rings (SSSR count). The van der Waals surface area contributed by atoms with E-state index in [1.54, 1.807) is 6.92 Å². The van der Waals surface area contributed by atoms with Crippen LogP contribution >= 0.6 is 0 Å². The van der Waals surface area contributed by atoms with E-state index in [4.69, 9.17) is 4.74 Å². The minimum Gasteiger partial charge on any atom is -0.504 e. The number of benzene rings is 3. The number of carbonyl (C=O) groups is 1. The number of phenols is 1. The van der Waals surface area contributed by atoms with Gasteiger partial charge in [-0.3, -0.25) is 14.9 Å². The van der Waals surface area contributed by atoms with Crippen molar-refractivity contribution in [3.63, 3.8) is 0 Å². The zero-order chi connectivity index (χ0) is 21.7. The number of hydrazone groups is 1. The number of hydrogen-bond acceptors (Lipinski definition) is 7. The number of nitro groups is 1. The molecular weight excluding hydrogens is 388 g/mol. The summed E-state index contributed by atoms with van der Waals surface area (Å²) in [5, 5.41) is 30.1. The molecule has 0 aliphatic heterocycles. The fourth-order valence-corrected chi connectivity index (χ4v) is 2.89. The number of amides is 1. The summed E-state index contributed by atoms with van der Waals surface area (Å²) >= 11 is 0. The van der Waals surface area contributed by atoms with E-state index in [9.17, 15) is 20.0 Å². The number of non-ortho nitro benzene ring substituents is 1. The van der Waals surface area contributed by atoms with Crippen LogP contribution in [0.3, 0.4) is 0 Å². The third-order valence-corrected chi connectivity index (χ3v) is 4.45. The van der Waals surface area contributed by atoms with Crippen molar-refractivity contribution in [1.29, 1.82) is 0 Å². The van der Waals surface area contributed by atoms with E-state index in [1.165, 1.54) is 7.11 Å². The van der Waals surface area contributed by atoms with Crippen molar-refractivity contribution in [2.24, 2.45) is 5.10 Å². The van der Waals surface area contributed by atoms with Crippen LogP contribution in [0.4, 0.5) is 11.4 Å². The Kier molecular flexibility index (Phi) is 6.11. The third-order valence-electron chi connectivity index (χ3n) is 4.45. The molecule has 0 radical (unpaired) electrons. The quantitative estimate of drug-likeness (QED) is 0.312. The van der Waals surface area contributed by atoms with E-state index < -0.39 is 16.9 Å². The molecule has 30 heavy (non-hydrogen) atoms. The molecule has 0 spiro atoms. The lowest BCUT2D eigenvalue weighted by Crippen LogP contribution is -2.34. The average molecular weight is 408 g/mol. The number of nitrogens with one attached hydrogen (secondary N) is 2. The molecule has 154 valence electrons. The second-order valence-corrected chi connectivity index (χ2v) is 6.47. The number of anilines is 1. The van der Waals surface area contributed by atoms with Gasteiger partial charge in [0.25, 0.3) is 11.6 Å². The summed E-state index contributed by atoms with van der Waals surface area (Å²) in [5.74, 6) is -0.804. The standard InChI is InChI=1S/C21H20N4O5/c1-13(23-18-9-5-7-14-6-3-4-8-17(14)18)21(27)24-22-12-15-10-16(25(28)29)11-19(30-2)20(15)26/h3-13,23,26H,1-2H3,(H,24,27). The van der Waals surface area contributed by atoms with E-state index in [1.807, 2.05) is 42.5 Å². The van der Waals surface area contributed by atoms with Gasteiger partial charge in [0.05, 0.1) is 24.3 Å². The lowest BCUT2D eigenvalue weighted by atomic mass is 10.1. The van der Waals surface area contributed by atoms with Gasteiger partial charge in [-0.2, -0.15) is 5.10 Å². The number of hydrogen-bond donors (Lipinski definition) is 3. The molecule has 0 aliphatic rings. The molecule has 0 saturated carbocycles. The lowest BCUT2D eigenvalue weighted by molar-refractivity contribution is -0.385. The Morgan fingerprint density at radius 3 is 2.70 bits per heavy atom. The number of carbonyl (C=O) groups excluding carboxylic acids is 1. The maximum atomic E-state index is 12.4. The van der Waals surface area contributed by atoms with Crippen molar-refractivity contribution in [3.05, 3.63) is 70.3 Å². The van der Waals surface area contributed by atoms with Crippen LogP contribution < -0.4 is 15.5 Å². The number of fused-ring (bicyclic) bond motifs is 1. The Hall–Kier alpha value is -4.14. The highest BCUT2D eigenvalue weighted by atomic mass is 16.6. The number of phenolic OH excluding ortho intramolecular Hbond substituents is 1. The molecule has 0 heterocycles. The largest absolute Gasteiger partial charge is 0.504 e. The van der Waals surface area contributed by atoms with Crippen LogP contribution in [0.25, 0.3) is 10.8 Å². The first kappa shape index (κ1) is 20.6. The monoisotopic (exact) mass is 408 g/mol. The molecule has 3 aromatic rings. The molecule has 0 saturated heterocycles. The van der Waals surface area contributed by atoms with Gasteiger partial charge in [-0.05, 0) is 18.4 Å². The molecule has 0 aliphatic carbocycles. The van der Waals surface area contributed by atoms with Gasteiger partial charge in [0.1, 0.15) is 6.04 Å². The summed E-state index contributed by atoms with van der Waals surface area (Å²) in [6.45, 7) is 1.68. The van der Waals surface area contributed by atoms with Gasteiger partial charge in [-0.1, -0.05) is 36.4 Å². The highest BCUT2D eigenvalue weighted by molar-refractivity contribution is 5.96. The van der Waals surface area contributed by atoms with Crippen molar-refractivity contribution >= 4 is 34.3 Å². The van der Waals surface area contributed by atoms with Crippen LogP contribution in [0.2, 0.25) is 0 Å². The normalized spacial score (nSPS) is 11.9. The highest BCUT2D eigenvalue weighted by Gasteiger charge is 2.16. The molecule has 0 aromatic heterocycles. The van der Waals surface area contributed by atoms with Crippen molar-refractivity contribution < 1.29 is 19.6 Å². The van der Waals surface area contributed by atoms with Gasteiger partial charge >= 0.3 is 0 Å². The zero-order valence-corrected chi connectivity index (χ0v) is 16.3. The Morgan fingerprint density at radius 1 is 1.23 bits per heavy atom. The number of aromatic hydroxyl groups is 1. The SMILES string of the molecule is COc1cc([N+](=O)[O-])cc(C=NNC(=O)C(C)Nc2cccc3ccccc23)c1O. The first-order chi connectivity index (χ1) is 14.4.